The number of ether oxygens (including phenoxy) is 1. The number of piperidine rings is 1. The van der Waals surface area contributed by atoms with Crippen molar-refractivity contribution in [2.24, 2.45) is 0 Å². The first kappa shape index (κ1) is 21.1. The van der Waals surface area contributed by atoms with Gasteiger partial charge in [-0.2, -0.15) is 0 Å². The first-order chi connectivity index (χ1) is 12.1. The molecule has 146 valence electrons. The Hall–Kier alpha value is -1.17. The first-order valence-electron chi connectivity index (χ1n) is 9.41. The minimum absolute atomic E-state index is 0. The van der Waals surface area contributed by atoms with Crippen LogP contribution in [0.15, 0.2) is 24.3 Å². The summed E-state index contributed by atoms with van der Waals surface area (Å²) in [6, 6.07) is 6.88. The molecule has 2 N–H and O–H groups in total. The molecule has 2 aliphatic rings. The van der Waals surface area contributed by atoms with E-state index in [1.807, 2.05) is 6.07 Å². The van der Waals surface area contributed by atoms with Gasteiger partial charge in [0.2, 0.25) is 0 Å². The topological polar surface area (TPSA) is 50.4 Å². The molecule has 26 heavy (non-hydrogen) atoms. The summed E-state index contributed by atoms with van der Waals surface area (Å²) in [5.41, 5.74) is 0.102. The fraction of sp³-hybridized carbons (Fsp3) is 0.650. The Kier molecular flexibility index (Phi) is 7.44. The average molecular weight is 385 g/mol. The van der Waals surface area contributed by atoms with E-state index in [1.165, 1.54) is 12.5 Å². The molecule has 1 heterocycles. The normalized spacial score (nSPS) is 21.5. The lowest BCUT2D eigenvalue weighted by atomic mass is 9.69. The molecule has 1 saturated carbocycles. The lowest BCUT2D eigenvalue weighted by Gasteiger charge is -2.40. The van der Waals surface area contributed by atoms with Gasteiger partial charge in [-0.15, -0.1) is 12.4 Å². The van der Waals surface area contributed by atoms with Crippen LogP contribution in [0.4, 0.5) is 4.39 Å². The molecule has 1 aromatic carbocycles. The molecular formula is C20H30ClFN2O2. The Morgan fingerprint density at radius 2 is 1.88 bits per heavy atom. The maximum absolute atomic E-state index is 13.8. The third-order valence-corrected chi connectivity index (χ3v) is 6.05. The van der Waals surface area contributed by atoms with Crippen molar-refractivity contribution >= 4 is 18.3 Å². The van der Waals surface area contributed by atoms with Gasteiger partial charge in [-0.1, -0.05) is 31.4 Å². The molecular weight excluding hydrogens is 355 g/mol. The molecule has 0 spiro atoms. The largest absolute Gasteiger partial charge is 0.368 e. The summed E-state index contributed by atoms with van der Waals surface area (Å²) in [5.74, 6) is -0.238. The van der Waals surface area contributed by atoms with Gasteiger partial charge in [-0.25, -0.2) is 4.39 Å². The number of methoxy groups -OCH3 is 1. The van der Waals surface area contributed by atoms with E-state index in [1.54, 1.807) is 19.2 Å². The highest BCUT2D eigenvalue weighted by atomic mass is 35.5. The molecule has 1 amide bonds. The molecule has 1 aliphatic heterocycles. The summed E-state index contributed by atoms with van der Waals surface area (Å²) in [7, 11) is 1.62. The SMILES string of the molecule is COC1(C(=O)NCC2(c3cccc(F)c3)CCCCC2)CCNCC1.Cl. The van der Waals surface area contributed by atoms with Gasteiger partial charge in [-0.3, -0.25) is 4.79 Å². The molecule has 1 aromatic rings. The van der Waals surface area contributed by atoms with Crippen molar-refractivity contribution < 1.29 is 13.9 Å². The van der Waals surface area contributed by atoms with Gasteiger partial charge in [0, 0.05) is 19.1 Å². The second-order valence-corrected chi connectivity index (χ2v) is 7.48. The third kappa shape index (κ3) is 4.38. The molecule has 0 bridgehead atoms. The number of halogens is 2. The predicted octanol–water partition coefficient (Wildman–Crippen LogP) is 3.33. The van der Waals surface area contributed by atoms with Crippen LogP contribution in [-0.4, -0.2) is 38.3 Å². The van der Waals surface area contributed by atoms with Crippen molar-refractivity contribution in [2.45, 2.75) is 56.0 Å². The van der Waals surface area contributed by atoms with Crippen LogP contribution in [0, 0.1) is 5.82 Å². The number of carbonyl (C=O) groups is 1. The van der Waals surface area contributed by atoms with Crippen LogP contribution in [0.5, 0.6) is 0 Å². The Balaban J connectivity index is 0.00000243. The molecule has 4 nitrogen and oxygen atoms in total. The Morgan fingerprint density at radius 1 is 1.19 bits per heavy atom. The summed E-state index contributed by atoms with van der Waals surface area (Å²) in [5, 5.41) is 6.43. The van der Waals surface area contributed by atoms with E-state index in [0.717, 1.165) is 44.3 Å². The van der Waals surface area contributed by atoms with E-state index >= 15 is 0 Å². The van der Waals surface area contributed by atoms with Crippen molar-refractivity contribution in [1.82, 2.24) is 10.6 Å². The van der Waals surface area contributed by atoms with Gasteiger partial charge in [-0.05, 0) is 56.5 Å². The Labute approximate surface area is 161 Å². The fourth-order valence-corrected chi connectivity index (χ4v) is 4.38. The van der Waals surface area contributed by atoms with Gasteiger partial charge >= 0.3 is 0 Å². The number of amides is 1. The maximum Gasteiger partial charge on any atom is 0.252 e. The second-order valence-electron chi connectivity index (χ2n) is 7.48. The minimum atomic E-state index is -0.733. The van der Waals surface area contributed by atoms with Gasteiger partial charge in [0.1, 0.15) is 11.4 Å². The molecule has 0 aromatic heterocycles. The van der Waals surface area contributed by atoms with Crippen molar-refractivity contribution in [2.75, 3.05) is 26.7 Å². The molecule has 0 unspecified atom stereocenters. The van der Waals surface area contributed by atoms with Crippen molar-refractivity contribution in [3.63, 3.8) is 0 Å². The highest BCUT2D eigenvalue weighted by Crippen LogP contribution is 2.39. The quantitative estimate of drug-likeness (QED) is 0.818. The molecule has 0 atom stereocenters. The monoisotopic (exact) mass is 384 g/mol. The summed E-state index contributed by atoms with van der Waals surface area (Å²) < 4.78 is 19.4. The van der Waals surface area contributed by atoms with Crippen LogP contribution in [0.3, 0.4) is 0 Å². The number of nitrogens with one attached hydrogen (secondary N) is 2. The third-order valence-electron chi connectivity index (χ3n) is 6.05. The van der Waals surface area contributed by atoms with Crippen molar-refractivity contribution in [3.8, 4) is 0 Å². The Morgan fingerprint density at radius 3 is 2.50 bits per heavy atom. The zero-order chi connectivity index (χ0) is 17.8. The first-order valence-corrected chi connectivity index (χ1v) is 9.41. The molecule has 6 heteroatoms. The van der Waals surface area contributed by atoms with Crippen LogP contribution in [0.1, 0.15) is 50.5 Å². The van der Waals surface area contributed by atoms with Crippen molar-refractivity contribution in [1.29, 1.82) is 0 Å². The lowest BCUT2D eigenvalue weighted by Crippen LogP contribution is -2.56. The van der Waals surface area contributed by atoms with Gasteiger partial charge in [0.25, 0.3) is 5.91 Å². The molecule has 2 fully saturated rings. The second kappa shape index (κ2) is 9.16. The van der Waals surface area contributed by atoms with Gasteiger partial charge < -0.3 is 15.4 Å². The smallest absolute Gasteiger partial charge is 0.252 e. The van der Waals surface area contributed by atoms with E-state index in [0.29, 0.717) is 19.4 Å². The number of benzene rings is 1. The lowest BCUT2D eigenvalue weighted by molar-refractivity contribution is -0.147. The Bertz CT molecular complexity index is 599. The van der Waals surface area contributed by atoms with E-state index in [4.69, 9.17) is 4.74 Å². The summed E-state index contributed by atoms with van der Waals surface area (Å²) in [6.45, 7) is 2.13. The predicted molar refractivity (Wildman–Crippen MR) is 103 cm³/mol. The van der Waals surface area contributed by atoms with E-state index in [9.17, 15) is 9.18 Å². The number of hydrogen-bond acceptors (Lipinski definition) is 3. The molecule has 0 radical (unpaired) electrons. The fourth-order valence-electron chi connectivity index (χ4n) is 4.38. The van der Waals surface area contributed by atoms with Gasteiger partial charge in [0.05, 0.1) is 0 Å². The van der Waals surface area contributed by atoms with Gasteiger partial charge in [0.15, 0.2) is 0 Å². The zero-order valence-corrected chi connectivity index (χ0v) is 16.3. The van der Waals surface area contributed by atoms with Crippen LogP contribution >= 0.6 is 12.4 Å². The summed E-state index contributed by atoms with van der Waals surface area (Å²) in [6.07, 6.45) is 6.78. The number of carbonyl (C=O) groups excluding carboxylic acids is 1. The van der Waals surface area contributed by atoms with E-state index in [-0.39, 0.29) is 29.5 Å². The van der Waals surface area contributed by atoms with Crippen molar-refractivity contribution in [3.05, 3.63) is 35.6 Å². The zero-order valence-electron chi connectivity index (χ0n) is 15.5. The van der Waals surface area contributed by atoms with E-state index < -0.39 is 5.60 Å². The van der Waals surface area contributed by atoms with Crippen LogP contribution in [0.2, 0.25) is 0 Å². The molecule has 1 aliphatic carbocycles. The van der Waals surface area contributed by atoms with Crippen LogP contribution < -0.4 is 10.6 Å². The maximum atomic E-state index is 13.8. The summed E-state index contributed by atoms with van der Waals surface area (Å²) in [4.78, 5) is 12.9. The molecule has 3 rings (SSSR count). The number of hydrogen-bond donors (Lipinski definition) is 2. The minimum Gasteiger partial charge on any atom is -0.368 e. The van der Waals surface area contributed by atoms with Crippen LogP contribution in [0.25, 0.3) is 0 Å². The standard InChI is InChI=1S/C20H29FN2O2.ClH/c1-25-20(10-12-22-13-11-20)18(24)23-15-19(8-3-2-4-9-19)16-6-5-7-17(21)14-16;/h5-7,14,22H,2-4,8-13,15H2,1H3,(H,23,24);1H. The highest BCUT2D eigenvalue weighted by Gasteiger charge is 2.41. The molecule has 1 saturated heterocycles. The average Bonchev–Trinajstić information content (AvgIpc) is 2.67. The number of rotatable bonds is 5. The van der Waals surface area contributed by atoms with Crippen LogP contribution in [-0.2, 0) is 14.9 Å². The summed E-state index contributed by atoms with van der Waals surface area (Å²) >= 11 is 0. The highest BCUT2D eigenvalue weighted by molar-refractivity contribution is 5.85. The van der Waals surface area contributed by atoms with E-state index in [2.05, 4.69) is 10.6 Å².